The normalized spacial score (nSPS) is 16.0. The third kappa shape index (κ3) is 3.70. The molecule has 1 aromatic heterocycles. The van der Waals surface area contributed by atoms with Gasteiger partial charge in [-0.1, -0.05) is 44.7 Å². The Bertz CT molecular complexity index is 872. The zero-order valence-electron chi connectivity index (χ0n) is 15.7. The molecule has 1 amide bonds. The van der Waals surface area contributed by atoms with Crippen molar-refractivity contribution in [3.05, 3.63) is 51.4 Å². The van der Waals surface area contributed by atoms with Gasteiger partial charge in [-0.3, -0.25) is 14.2 Å². The quantitative estimate of drug-likeness (QED) is 0.809. The lowest BCUT2D eigenvalue weighted by Crippen LogP contribution is -2.30. The maximum atomic E-state index is 12.7. The lowest BCUT2D eigenvalue weighted by Gasteiger charge is -2.15. The molecule has 0 fully saturated rings. The average molecular weight is 372 g/mol. The van der Waals surface area contributed by atoms with E-state index < -0.39 is 0 Å². The summed E-state index contributed by atoms with van der Waals surface area (Å²) < 4.78 is 1.71. The molecule has 1 aliphatic rings. The summed E-state index contributed by atoms with van der Waals surface area (Å²) in [6.07, 6.45) is 0.934. The van der Waals surface area contributed by atoms with E-state index in [-0.39, 0.29) is 23.9 Å². The number of hydrogen-bond donors (Lipinski definition) is 1. The molecular formula is C20H25N3O2S. The van der Waals surface area contributed by atoms with Crippen LogP contribution in [-0.2, 0) is 11.2 Å². The van der Waals surface area contributed by atoms with Crippen LogP contribution in [0, 0.1) is 6.92 Å². The number of thioether (sulfide) groups is 1. The van der Waals surface area contributed by atoms with E-state index >= 15 is 0 Å². The van der Waals surface area contributed by atoms with Gasteiger partial charge in [-0.25, -0.2) is 4.98 Å². The summed E-state index contributed by atoms with van der Waals surface area (Å²) in [5, 5.41) is 3.67. The van der Waals surface area contributed by atoms with Crippen LogP contribution in [-0.4, -0.2) is 21.2 Å². The molecule has 138 valence electrons. The molecule has 0 radical (unpaired) electrons. The number of carbonyl (C=O) groups is 1. The van der Waals surface area contributed by atoms with Crippen molar-refractivity contribution in [1.82, 2.24) is 9.55 Å². The Kier molecular flexibility index (Phi) is 5.51. The Morgan fingerprint density at radius 3 is 2.65 bits per heavy atom. The summed E-state index contributed by atoms with van der Waals surface area (Å²) >= 11 is 1.55. The summed E-state index contributed by atoms with van der Waals surface area (Å²) in [5.41, 5.74) is 3.56. The summed E-state index contributed by atoms with van der Waals surface area (Å²) in [7, 11) is 0. The summed E-state index contributed by atoms with van der Waals surface area (Å²) in [5.74, 6) is 1.09. The second kappa shape index (κ2) is 7.66. The molecule has 1 aromatic carbocycles. The van der Waals surface area contributed by atoms with Gasteiger partial charge >= 0.3 is 0 Å². The number of rotatable bonds is 5. The number of amides is 1. The molecule has 2 heterocycles. The van der Waals surface area contributed by atoms with Crippen LogP contribution in [0.5, 0.6) is 0 Å². The highest BCUT2D eigenvalue weighted by atomic mass is 32.2. The first-order valence-electron chi connectivity index (χ1n) is 9.05. The molecule has 5 nitrogen and oxygen atoms in total. The van der Waals surface area contributed by atoms with Crippen LogP contribution in [0.25, 0.3) is 0 Å². The number of nitrogens with one attached hydrogen (secondary N) is 1. The molecule has 0 bridgehead atoms. The SMILES string of the molecule is CCc1c(C)nc2n(c1=O)C(CC(=O)Nc1ccc(C(C)C)cc1)CS2. The number of hydrogen-bond acceptors (Lipinski definition) is 4. The van der Waals surface area contributed by atoms with Crippen LogP contribution in [0.1, 0.15) is 56.0 Å². The van der Waals surface area contributed by atoms with Crippen LogP contribution >= 0.6 is 11.8 Å². The van der Waals surface area contributed by atoms with Crippen LogP contribution in [0.15, 0.2) is 34.2 Å². The molecule has 1 atom stereocenters. The predicted octanol–water partition coefficient (Wildman–Crippen LogP) is 3.91. The summed E-state index contributed by atoms with van der Waals surface area (Å²) in [4.78, 5) is 29.8. The monoisotopic (exact) mass is 371 g/mol. The minimum atomic E-state index is -0.143. The zero-order valence-corrected chi connectivity index (χ0v) is 16.5. The third-order valence-corrected chi connectivity index (χ3v) is 5.89. The lowest BCUT2D eigenvalue weighted by atomic mass is 10.0. The number of anilines is 1. The fourth-order valence-electron chi connectivity index (χ4n) is 3.26. The van der Waals surface area contributed by atoms with Gasteiger partial charge in [0.1, 0.15) is 0 Å². The van der Waals surface area contributed by atoms with E-state index in [0.717, 1.165) is 22.1 Å². The van der Waals surface area contributed by atoms with Crippen molar-refractivity contribution in [3.8, 4) is 0 Å². The van der Waals surface area contributed by atoms with E-state index in [0.29, 0.717) is 18.1 Å². The van der Waals surface area contributed by atoms with Gasteiger partial charge in [0.05, 0.1) is 6.04 Å². The van der Waals surface area contributed by atoms with Crippen molar-refractivity contribution in [2.75, 3.05) is 11.1 Å². The van der Waals surface area contributed by atoms with Crippen LogP contribution in [0.3, 0.4) is 0 Å². The maximum Gasteiger partial charge on any atom is 0.257 e. The smallest absolute Gasteiger partial charge is 0.257 e. The van der Waals surface area contributed by atoms with Gasteiger partial charge in [0, 0.05) is 29.1 Å². The van der Waals surface area contributed by atoms with Crippen LogP contribution < -0.4 is 10.9 Å². The topological polar surface area (TPSA) is 64.0 Å². The molecule has 1 aliphatic heterocycles. The van der Waals surface area contributed by atoms with Gasteiger partial charge in [-0.15, -0.1) is 0 Å². The minimum absolute atomic E-state index is 0.000846. The van der Waals surface area contributed by atoms with E-state index in [1.807, 2.05) is 38.1 Å². The first-order valence-corrected chi connectivity index (χ1v) is 10.0. The van der Waals surface area contributed by atoms with Gasteiger partial charge in [-0.05, 0) is 37.0 Å². The maximum absolute atomic E-state index is 12.7. The minimum Gasteiger partial charge on any atom is -0.326 e. The van der Waals surface area contributed by atoms with Crippen molar-refractivity contribution in [2.45, 2.75) is 57.7 Å². The molecule has 0 saturated heterocycles. The van der Waals surface area contributed by atoms with Crippen LogP contribution in [0.4, 0.5) is 5.69 Å². The molecule has 0 saturated carbocycles. The van der Waals surface area contributed by atoms with Crippen LogP contribution in [0.2, 0.25) is 0 Å². The van der Waals surface area contributed by atoms with Gasteiger partial charge in [0.15, 0.2) is 5.16 Å². The van der Waals surface area contributed by atoms with E-state index in [1.54, 1.807) is 16.3 Å². The second-order valence-corrected chi connectivity index (χ2v) is 7.97. The number of fused-ring (bicyclic) bond motifs is 1. The standard InChI is InChI=1S/C20H25N3O2S/c1-5-17-13(4)21-20-23(19(17)25)16(11-26-20)10-18(24)22-15-8-6-14(7-9-15)12(2)3/h6-9,12,16H,5,10-11H2,1-4H3,(H,22,24). The fraction of sp³-hybridized carbons (Fsp3) is 0.450. The number of benzene rings is 1. The average Bonchev–Trinajstić information content (AvgIpc) is 2.98. The summed E-state index contributed by atoms with van der Waals surface area (Å²) in [6, 6.07) is 7.78. The fourth-order valence-corrected chi connectivity index (χ4v) is 4.44. The van der Waals surface area contributed by atoms with Crippen molar-refractivity contribution >= 4 is 23.4 Å². The number of aromatic nitrogens is 2. The number of nitrogens with zero attached hydrogens (tertiary/aromatic N) is 2. The van der Waals surface area contributed by atoms with Gasteiger partial charge in [0.2, 0.25) is 5.91 Å². The molecule has 0 spiro atoms. The van der Waals surface area contributed by atoms with Gasteiger partial charge in [-0.2, -0.15) is 0 Å². The predicted molar refractivity (Wildman–Crippen MR) is 106 cm³/mol. The Morgan fingerprint density at radius 1 is 1.35 bits per heavy atom. The first kappa shape index (κ1) is 18.7. The molecule has 0 aliphatic carbocycles. The number of aryl methyl sites for hydroxylation is 1. The molecule has 2 aromatic rings. The van der Waals surface area contributed by atoms with Crippen molar-refractivity contribution in [3.63, 3.8) is 0 Å². The Hall–Kier alpha value is -2.08. The second-order valence-electron chi connectivity index (χ2n) is 6.98. The van der Waals surface area contributed by atoms with E-state index in [9.17, 15) is 9.59 Å². The summed E-state index contributed by atoms with van der Waals surface area (Å²) in [6.45, 7) is 8.12. The zero-order chi connectivity index (χ0) is 18.8. The van der Waals surface area contributed by atoms with Gasteiger partial charge < -0.3 is 5.32 Å². The molecule has 1 unspecified atom stereocenters. The highest BCUT2D eigenvalue weighted by Gasteiger charge is 2.29. The van der Waals surface area contributed by atoms with E-state index in [2.05, 4.69) is 24.1 Å². The molecule has 26 heavy (non-hydrogen) atoms. The largest absolute Gasteiger partial charge is 0.326 e. The molecular weight excluding hydrogens is 346 g/mol. The van der Waals surface area contributed by atoms with Gasteiger partial charge in [0.25, 0.3) is 5.56 Å². The lowest BCUT2D eigenvalue weighted by molar-refractivity contribution is -0.116. The first-order chi connectivity index (χ1) is 12.4. The van der Waals surface area contributed by atoms with E-state index in [4.69, 9.17) is 0 Å². The third-order valence-electron chi connectivity index (χ3n) is 4.79. The molecule has 1 N–H and O–H groups in total. The van der Waals surface area contributed by atoms with E-state index in [1.165, 1.54) is 5.56 Å². The highest BCUT2D eigenvalue weighted by Crippen LogP contribution is 2.32. The Balaban J connectivity index is 1.73. The Morgan fingerprint density at radius 2 is 2.04 bits per heavy atom. The van der Waals surface area contributed by atoms with Crippen molar-refractivity contribution < 1.29 is 4.79 Å². The highest BCUT2D eigenvalue weighted by molar-refractivity contribution is 7.99. The molecule has 6 heteroatoms. The number of carbonyl (C=O) groups excluding carboxylic acids is 1. The van der Waals surface area contributed by atoms with Crippen molar-refractivity contribution in [1.29, 1.82) is 0 Å². The van der Waals surface area contributed by atoms with Crippen molar-refractivity contribution in [2.24, 2.45) is 0 Å². The molecule has 3 rings (SSSR count). The Labute approximate surface area is 158 Å².